The van der Waals surface area contributed by atoms with Crippen molar-refractivity contribution in [1.82, 2.24) is 15.5 Å². The number of amides is 3. The lowest BCUT2D eigenvalue weighted by Crippen LogP contribution is -2.47. The average molecular weight is 289 g/mol. The second-order valence-electron chi connectivity index (χ2n) is 3.83. The second kappa shape index (κ2) is 9.59. The third kappa shape index (κ3) is 7.90. The minimum atomic E-state index is -1.18. The zero-order valence-corrected chi connectivity index (χ0v) is 11.5. The van der Waals surface area contributed by atoms with Gasteiger partial charge in [0.2, 0.25) is 5.91 Å². The summed E-state index contributed by atoms with van der Waals surface area (Å²) in [6.45, 7) is 1.06. The van der Waals surface area contributed by atoms with Crippen LogP contribution < -0.4 is 10.6 Å². The molecular weight excluding hydrogens is 270 g/mol. The molecule has 0 saturated heterocycles. The van der Waals surface area contributed by atoms with Crippen LogP contribution in [0.1, 0.15) is 13.3 Å². The van der Waals surface area contributed by atoms with Crippen molar-refractivity contribution in [2.45, 2.75) is 13.3 Å². The molecule has 0 unspecified atom stereocenters. The maximum absolute atomic E-state index is 11.7. The van der Waals surface area contributed by atoms with Crippen molar-refractivity contribution < 1.29 is 29.0 Å². The van der Waals surface area contributed by atoms with E-state index in [2.05, 4.69) is 15.4 Å². The molecule has 3 amide bonds. The van der Waals surface area contributed by atoms with E-state index in [9.17, 15) is 19.2 Å². The van der Waals surface area contributed by atoms with E-state index >= 15 is 0 Å². The molecule has 0 aliphatic carbocycles. The summed E-state index contributed by atoms with van der Waals surface area (Å²) in [6.07, 6.45) is 0.635. The van der Waals surface area contributed by atoms with Gasteiger partial charge in [-0.25, -0.2) is 4.79 Å². The highest BCUT2D eigenvalue weighted by Crippen LogP contribution is 1.93. The summed E-state index contributed by atoms with van der Waals surface area (Å²) in [4.78, 5) is 45.5. The third-order valence-corrected chi connectivity index (χ3v) is 2.17. The first kappa shape index (κ1) is 17.7. The first-order chi connectivity index (χ1) is 9.40. The molecule has 0 spiro atoms. The number of hydrogen-bond acceptors (Lipinski definition) is 5. The van der Waals surface area contributed by atoms with Gasteiger partial charge in [0.05, 0.1) is 13.7 Å². The number of nitrogens with zero attached hydrogens (tertiary/aromatic N) is 1. The summed E-state index contributed by atoms with van der Waals surface area (Å²) in [5, 5.41) is 12.8. The SMILES string of the molecule is CCCN(CC(=O)OC)C(=O)NCC(=O)NCC(=O)O. The van der Waals surface area contributed by atoms with Crippen LogP contribution in [-0.2, 0) is 19.1 Å². The number of carboxylic acid groups (broad SMARTS) is 1. The van der Waals surface area contributed by atoms with E-state index in [1.54, 1.807) is 0 Å². The minimum Gasteiger partial charge on any atom is -0.480 e. The summed E-state index contributed by atoms with van der Waals surface area (Å²) >= 11 is 0. The van der Waals surface area contributed by atoms with Crippen molar-refractivity contribution in [3.63, 3.8) is 0 Å². The number of ether oxygens (including phenoxy) is 1. The van der Waals surface area contributed by atoms with E-state index in [0.29, 0.717) is 13.0 Å². The molecule has 114 valence electrons. The van der Waals surface area contributed by atoms with Crippen LogP contribution >= 0.6 is 0 Å². The van der Waals surface area contributed by atoms with Gasteiger partial charge >= 0.3 is 18.0 Å². The standard InChI is InChI=1S/C11H19N3O6/c1-3-4-14(7-10(18)20-2)11(19)13-5-8(15)12-6-9(16)17/h3-7H2,1-2H3,(H,12,15)(H,13,19)(H,16,17). The molecule has 20 heavy (non-hydrogen) atoms. The first-order valence-corrected chi connectivity index (χ1v) is 5.98. The lowest BCUT2D eigenvalue weighted by molar-refractivity contribution is -0.141. The van der Waals surface area contributed by atoms with E-state index in [1.807, 2.05) is 6.92 Å². The Morgan fingerprint density at radius 1 is 1.15 bits per heavy atom. The monoisotopic (exact) mass is 289 g/mol. The number of esters is 1. The number of methoxy groups -OCH3 is 1. The van der Waals surface area contributed by atoms with Gasteiger partial charge in [0.25, 0.3) is 0 Å². The van der Waals surface area contributed by atoms with E-state index in [0.717, 1.165) is 0 Å². The molecule has 0 heterocycles. The van der Waals surface area contributed by atoms with E-state index in [-0.39, 0.29) is 13.1 Å². The fraction of sp³-hybridized carbons (Fsp3) is 0.636. The summed E-state index contributed by atoms with van der Waals surface area (Å²) in [5.74, 6) is -2.37. The molecule has 0 radical (unpaired) electrons. The molecular formula is C11H19N3O6. The van der Waals surface area contributed by atoms with Crippen LogP contribution in [0.5, 0.6) is 0 Å². The number of carbonyl (C=O) groups excluding carboxylic acids is 3. The molecule has 3 N–H and O–H groups in total. The van der Waals surface area contributed by atoms with E-state index < -0.39 is 30.4 Å². The van der Waals surface area contributed by atoms with Crippen LogP contribution in [0.3, 0.4) is 0 Å². The summed E-state index contributed by atoms with van der Waals surface area (Å²) in [7, 11) is 1.21. The zero-order chi connectivity index (χ0) is 15.5. The highest BCUT2D eigenvalue weighted by atomic mass is 16.5. The number of carboxylic acids is 1. The van der Waals surface area contributed by atoms with Gasteiger partial charge in [0.15, 0.2) is 0 Å². The van der Waals surface area contributed by atoms with Crippen molar-refractivity contribution in [2.24, 2.45) is 0 Å². The molecule has 0 atom stereocenters. The molecule has 9 heteroatoms. The molecule has 0 aromatic heterocycles. The number of carbonyl (C=O) groups is 4. The lowest BCUT2D eigenvalue weighted by atomic mass is 10.4. The van der Waals surface area contributed by atoms with E-state index in [1.165, 1.54) is 12.0 Å². The third-order valence-electron chi connectivity index (χ3n) is 2.17. The van der Waals surface area contributed by atoms with Gasteiger partial charge in [-0.2, -0.15) is 0 Å². The van der Waals surface area contributed by atoms with Crippen molar-refractivity contribution in [1.29, 1.82) is 0 Å². The van der Waals surface area contributed by atoms with Gasteiger partial charge in [-0.15, -0.1) is 0 Å². The van der Waals surface area contributed by atoms with Gasteiger partial charge in [0.1, 0.15) is 13.1 Å². The first-order valence-electron chi connectivity index (χ1n) is 5.98. The average Bonchev–Trinajstić information content (AvgIpc) is 2.41. The Bertz CT molecular complexity index is 371. The Labute approximate surface area is 116 Å². The van der Waals surface area contributed by atoms with Gasteiger partial charge in [-0.1, -0.05) is 6.92 Å². The molecule has 0 aromatic carbocycles. The van der Waals surface area contributed by atoms with Crippen molar-refractivity contribution >= 4 is 23.9 Å². The summed E-state index contributed by atoms with van der Waals surface area (Å²) in [6, 6.07) is -0.595. The Morgan fingerprint density at radius 2 is 1.80 bits per heavy atom. The molecule has 0 saturated carbocycles. The van der Waals surface area contributed by atoms with Crippen LogP contribution in [0.25, 0.3) is 0 Å². The summed E-state index contributed by atoms with van der Waals surface area (Å²) in [5.41, 5.74) is 0. The molecule has 0 aliphatic rings. The van der Waals surface area contributed by atoms with Crippen LogP contribution in [-0.4, -0.2) is 67.2 Å². The minimum absolute atomic E-state index is 0.215. The van der Waals surface area contributed by atoms with Gasteiger partial charge in [0, 0.05) is 6.54 Å². The maximum atomic E-state index is 11.7. The van der Waals surface area contributed by atoms with Crippen LogP contribution in [0.4, 0.5) is 4.79 Å². The molecule has 0 bridgehead atoms. The Hall–Kier alpha value is -2.32. The highest BCUT2D eigenvalue weighted by Gasteiger charge is 2.17. The predicted molar refractivity (Wildman–Crippen MR) is 67.9 cm³/mol. The van der Waals surface area contributed by atoms with E-state index in [4.69, 9.17) is 5.11 Å². The largest absolute Gasteiger partial charge is 0.480 e. The van der Waals surface area contributed by atoms with Crippen LogP contribution in [0, 0.1) is 0 Å². The number of nitrogens with one attached hydrogen (secondary N) is 2. The fourth-order valence-electron chi connectivity index (χ4n) is 1.25. The molecule has 0 fully saturated rings. The topological polar surface area (TPSA) is 125 Å². The zero-order valence-electron chi connectivity index (χ0n) is 11.5. The highest BCUT2D eigenvalue weighted by molar-refractivity contribution is 5.87. The predicted octanol–water partition coefficient (Wildman–Crippen LogP) is -1.22. The molecule has 0 aromatic rings. The normalized spacial score (nSPS) is 9.50. The van der Waals surface area contributed by atoms with Gasteiger partial charge in [-0.3, -0.25) is 14.4 Å². The fourth-order valence-corrected chi connectivity index (χ4v) is 1.25. The Morgan fingerprint density at radius 3 is 2.30 bits per heavy atom. The van der Waals surface area contributed by atoms with Gasteiger partial charge < -0.3 is 25.4 Å². The van der Waals surface area contributed by atoms with Gasteiger partial charge in [-0.05, 0) is 6.42 Å². The van der Waals surface area contributed by atoms with Crippen molar-refractivity contribution in [3.8, 4) is 0 Å². The second-order valence-corrected chi connectivity index (χ2v) is 3.83. The quantitative estimate of drug-likeness (QED) is 0.481. The lowest BCUT2D eigenvalue weighted by Gasteiger charge is -2.20. The number of hydrogen-bond donors (Lipinski definition) is 3. The molecule has 0 rings (SSSR count). The number of rotatable bonds is 8. The maximum Gasteiger partial charge on any atom is 0.325 e. The molecule has 0 aliphatic heterocycles. The van der Waals surface area contributed by atoms with Crippen LogP contribution in [0.2, 0.25) is 0 Å². The smallest absolute Gasteiger partial charge is 0.325 e. The van der Waals surface area contributed by atoms with Crippen molar-refractivity contribution in [2.75, 3.05) is 33.3 Å². The van der Waals surface area contributed by atoms with Crippen molar-refractivity contribution in [3.05, 3.63) is 0 Å². The Kier molecular flexibility index (Phi) is 8.48. The molecule has 9 nitrogen and oxygen atoms in total. The van der Waals surface area contributed by atoms with Crippen LogP contribution in [0.15, 0.2) is 0 Å². The summed E-state index contributed by atoms with van der Waals surface area (Å²) < 4.78 is 4.46. The number of urea groups is 1. The number of aliphatic carboxylic acids is 1. The Balaban J connectivity index is 4.21.